The van der Waals surface area contributed by atoms with Gasteiger partial charge in [0.2, 0.25) is 0 Å². The van der Waals surface area contributed by atoms with Gasteiger partial charge in [0.15, 0.2) is 0 Å². The third-order valence-corrected chi connectivity index (χ3v) is 4.68. The Morgan fingerprint density at radius 3 is 2.21 bits per heavy atom. The number of carboxylic acids is 1. The first-order valence-corrected chi connectivity index (χ1v) is 9.50. The van der Waals surface area contributed by atoms with Crippen LogP contribution in [0.1, 0.15) is 41.8 Å². The van der Waals surface area contributed by atoms with Gasteiger partial charge in [0.25, 0.3) is 11.8 Å². The molecule has 0 aliphatic heterocycles. The van der Waals surface area contributed by atoms with Crippen LogP contribution in [-0.4, -0.2) is 28.9 Å². The summed E-state index contributed by atoms with van der Waals surface area (Å²) in [5.74, 6) is -2.47. The highest BCUT2D eigenvalue weighted by atomic mass is 16.4. The van der Waals surface area contributed by atoms with Gasteiger partial charge in [-0.1, -0.05) is 68.3 Å². The number of carboxylic acid groups (broad SMARTS) is 1. The predicted octanol–water partition coefficient (Wildman–Crippen LogP) is 3.38. The molecular weight excluding hydrogens is 368 g/mol. The Morgan fingerprint density at radius 2 is 1.66 bits per heavy atom. The minimum atomic E-state index is -1.11. The second-order valence-electron chi connectivity index (χ2n) is 6.96. The first kappa shape index (κ1) is 21.9. The molecule has 0 aliphatic rings. The van der Waals surface area contributed by atoms with Crippen molar-refractivity contribution in [1.29, 1.82) is 0 Å². The number of nitrogens with one attached hydrogen (secondary N) is 2. The number of hydrogen-bond donors (Lipinski definition) is 3. The fraction of sp³-hybridized carbons (Fsp3) is 0.261. The van der Waals surface area contributed by atoms with Crippen molar-refractivity contribution in [3.05, 3.63) is 77.0 Å². The molecule has 0 aromatic heterocycles. The number of amides is 2. The van der Waals surface area contributed by atoms with Crippen molar-refractivity contribution in [2.75, 3.05) is 0 Å². The van der Waals surface area contributed by atoms with Crippen LogP contribution in [0.3, 0.4) is 0 Å². The molecule has 2 aromatic carbocycles. The minimum Gasteiger partial charge on any atom is -0.480 e. The lowest BCUT2D eigenvalue weighted by Gasteiger charge is -2.21. The number of rotatable bonds is 8. The molecular formula is C23H26N2O4. The van der Waals surface area contributed by atoms with Gasteiger partial charge in [-0.25, -0.2) is 4.79 Å². The SMILES string of the molecule is CC[C@H](C)[C@@H](NC(=O)/C(=C\c1ccccc1)NC(=O)c1ccc(C)cc1)C(=O)O. The van der Waals surface area contributed by atoms with Crippen LogP contribution in [0.4, 0.5) is 0 Å². The quantitative estimate of drug-likeness (QED) is 0.598. The Bertz CT molecular complexity index is 889. The average molecular weight is 394 g/mol. The first-order chi connectivity index (χ1) is 13.8. The molecule has 2 amide bonds. The molecule has 2 rings (SSSR count). The van der Waals surface area contributed by atoms with E-state index in [0.29, 0.717) is 17.5 Å². The number of aryl methyl sites for hydroxylation is 1. The Morgan fingerprint density at radius 1 is 1.03 bits per heavy atom. The second-order valence-corrected chi connectivity index (χ2v) is 6.96. The van der Waals surface area contributed by atoms with Crippen molar-refractivity contribution < 1.29 is 19.5 Å². The maximum atomic E-state index is 12.8. The van der Waals surface area contributed by atoms with E-state index in [-0.39, 0.29) is 11.6 Å². The van der Waals surface area contributed by atoms with Crippen LogP contribution >= 0.6 is 0 Å². The molecule has 2 aromatic rings. The smallest absolute Gasteiger partial charge is 0.326 e. The zero-order valence-electron chi connectivity index (χ0n) is 16.8. The molecule has 0 spiro atoms. The number of hydrogen-bond acceptors (Lipinski definition) is 3. The van der Waals surface area contributed by atoms with Crippen molar-refractivity contribution >= 4 is 23.9 Å². The summed E-state index contributed by atoms with van der Waals surface area (Å²) >= 11 is 0. The summed E-state index contributed by atoms with van der Waals surface area (Å²) in [5.41, 5.74) is 2.10. The van der Waals surface area contributed by atoms with Crippen LogP contribution in [0.5, 0.6) is 0 Å². The molecule has 0 saturated carbocycles. The molecule has 0 unspecified atom stereocenters. The van der Waals surface area contributed by atoms with E-state index in [9.17, 15) is 19.5 Å². The third kappa shape index (κ3) is 6.31. The fourth-order valence-electron chi connectivity index (χ4n) is 2.68. The molecule has 0 heterocycles. The second kappa shape index (κ2) is 10.2. The van der Waals surface area contributed by atoms with E-state index >= 15 is 0 Å². The van der Waals surface area contributed by atoms with Crippen molar-refractivity contribution in [3.8, 4) is 0 Å². The Labute approximate surface area is 170 Å². The minimum absolute atomic E-state index is 0.0173. The summed E-state index contributed by atoms with van der Waals surface area (Å²) in [5, 5.41) is 14.6. The van der Waals surface area contributed by atoms with Crippen LogP contribution in [0.25, 0.3) is 6.08 Å². The fourth-order valence-corrected chi connectivity index (χ4v) is 2.68. The van der Waals surface area contributed by atoms with Crippen LogP contribution < -0.4 is 10.6 Å². The van der Waals surface area contributed by atoms with Crippen LogP contribution in [0.15, 0.2) is 60.3 Å². The van der Waals surface area contributed by atoms with E-state index < -0.39 is 23.8 Å². The van der Waals surface area contributed by atoms with Gasteiger partial charge in [-0.15, -0.1) is 0 Å². The van der Waals surface area contributed by atoms with Gasteiger partial charge in [-0.2, -0.15) is 0 Å². The van der Waals surface area contributed by atoms with Gasteiger partial charge in [-0.3, -0.25) is 9.59 Å². The normalized spacial score (nSPS) is 13.3. The monoisotopic (exact) mass is 394 g/mol. The molecule has 2 atom stereocenters. The van der Waals surface area contributed by atoms with E-state index in [0.717, 1.165) is 5.56 Å². The Balaban J connectivity index is 2.30. The molecule has 29 heavy (non-hydrogen) atoms. The molecule has 0 aliphatic carbocycles. The number of carbonyl (C=O) groups excluding carboxylic acids is 2. The number of aliphatic carboxylic acids is 1. The Kier molecular flexibility index (Phi) is 7.71. The van der Waals surface area contributed by atoms with E-state index in [1.807, 2.05) is 32.0 Å². The topological polar surface area (TPSA) is 95.5 Å². The third-order valence-electron chi connectivity index (χ3n) is 4.68. The van der Waals surface area contributed by atoms with E-state index in [4.69, 9.17) is 0 Å². The molecule has 3 N–H and O–H groups in total. The van der Waals surface area contributed by atoms with Gasteiger partial charge in [0, 0.05) is 5.56 Å². The average Bonchev–Trinajstić information content (AvgIpc) is 2.71. The predicted molar refractivity (Wildman–Crippen MR) is 112 cm³/mol. The zero-order valence-corrected chi connectivity index (χ0v) is 16.8. The van der Waals surface area contributed by atoms with E-state index in [2.05, 4.69) is 10.6 Å². The highest BCUT2D eigenvalue weighted by Gasteiger charge is 2.27. The summed E-state index contributed by atoms with van der Waals surface area (Å²) in [6, 6.07) is 14.9. The van der Waals surface area contributed by atoms with E-state index in [1.165, 1.54) is 6.08 Å². The summed E-state index contributed by atoms with van der Waals surface area (Å²) in [7, 11) is 0. The van der Waals surface area contributed by atoms with Gasteiger partial charge in [0.1, 0.15) is 11.7 Å². The first-order valence-electron chi connectivity index (χ1n) is 9.50. The van der Waals surface area contributed by atoms with Crippen LogP contribution in [0.2, 0.25) is 0 Å². The standard InChI is InChI=1S/C23H26N2O4/c1-4-16(3)20(23(28)29)25-22(27)19(14-17-8-6-5-7-9-17)24-21(26)18-12-10-15(2)11-13-18/h5-14,16,20H,4H2,1-3H3,(H,24,26)(H,25,27)(H,28,29)/b19-14+/t16-,20+/m0/s1. The Hall–Kier alpha value is -3.41. The summed E-state index contributed by atoms with van der Waals surface area (Å²) in [6.07, 6.45) is 2.11. The molecule has 0 fully saturated rings. The van der Waals surface area contributed by atoms with Crippen molar-refractivity contribution in [2.24, 2.45) is 5.92 Å². The summed E-state index contributed by atoms with van der Waals surface area (Å²) < 4.78 is 0. The molecule has 0 bridgehead atoms. The van der Waals surface area contributed by atoms with Crippen molar-refractivity contribution in [2.45, 2.75) is 33.2 Å². The number of benzene rings is 2. The lowest BCUT2D eigenvalue weighted by atomic mass is 9.99. The van der Waals surface area contributed by atoms with Crippen molar-refractivity contribution in [1.82, 2.24) is 10.6 Å². The summed E-state index contributed by atoms with van der Waals surface area (Å²) in [4.78, 5) is 37.0. The highest BCUT2D eigenvalue weighted by molar-refractivity contribution is 6.06. The van der Waals surface area contributed by atoms with Crippen LogP contribution in [-0.2, 0) is 9.59 Å². The molecule has 0 radical (unpaired) electrons. The van der Waals surface area contributed by atoms with E-state index in [1.54, 1.807) is 43.3 Å². The van der Waals surface area contributed by atoms with Gasteiger partial charge in [-0.05, 0) is 36.6 Å². The van der Waals surface area contributed by atoms with Crippen molar-refractivity contribution in [3.63, 3.8) is 0 Å². The van der Waals surface area contributed by atoms with Gasteiger partial charge >= 0.3 is 5.97 Å². The zero-order chi connectivity index (χ0) is 21.4. The lowest BCUT2D eigenvalue weighted by molar-refractivity contribution is -0.142. The largest absolute Gasteiger partial charge is 0.480 e. The maximum absolute atomic E-state index is 12.8. The van der Waals surface area contributed by atoms with Crippen LogP contribution in [0, 0.1) is 12.8 Å². The maximum Gasteiger partial charge on any atom is 0.326 e. The lowest BCUT2D eigenvalue weighted by Crippen LogP contribution is -2.47. The van der Waals surface area contributed by atoms with Gasteiger partial charge < -0.3 is 15.7 Å². The molecule has 6 heteroatoms. The molecule has 0 saturated heterocycles. The highest BCUT2D eigenvalue weighted by Crippen LogP contribution is 2.11. The molecule has 152 valence electrons. The number of carbonyl (C=O) groups is 3. The summed E-state index contributed by atoms with van der Waals surface area (Å²) in [6.45, 7) is 5.52. The molecule has 6 nitrogen and oxygen atoms in total. The van der Waals surface area contributed by atoms with Gasteiger partial charge in [0.05, 0.1) is 0 Å².